The van der Waals surface area contributed by atoms with E-state index in [0.717, 1.165) is 24.2 Å². The zero-order valence-corrected chi connectivity index (χ0v) is 11.8. The van der Waals surface area contributed by atoms with Gasteiger partial charge in [-0.2, -0.15) is 5.10 Å². The fourth-order valence-corrected chi connectivity index (χ4v) is 1.86. The second kappa shape index (κ2) is 5.85. The van der Waals surface area contributed by atoms with Crippen molar-refractivity contribution in [3.05, 3.63) is 16.4 Å². The highest BCUT2D eigenvalue weighted by Gasteiger charge is 2.21. The first-order chi connectivity index (χ1) is 7.93. The van der Waals surface area contributed by atoms with Gasteiger partial charge in [0.15, 0.2) is 0 Å². The van der Waals surface area contributed by atoms with Gasteiger partial charge >= 0.3 is 0 Å². The van der Waals surface area contributed by atoms with Gasteiger partial charge in [0, 0.05) is 12.6 Å². The lowest BCUT2D eigenvalue weighted by Crippen LogP contribution is -2.43. The molecule has 1 aromatic heterocycles. The Kier molecular flexibility index (Phi) is 4.98. The van der Waals surface area contributed by atoms with Crippen molar-refractivity contribution in [3.63, 3.8) is 0 Å². The Hall–Kier alpha value is -0.580. The molecule has 0 aromatic carbocycles. The van der Waals surface area contributed by atoms with Gasteiger partial charge in [0.25, 0.3) is 0 Å². The maximum absolute atomic E-state index is 6.16. The Labute approximate surface area is 108 Å². The summed E-state index contributed by atoms with van der Waals surface area (Å²) < 4.78 is 7.43. The number of halogens is 1. The Bertz CT molecular complexity index is 372. The molecule has 0 unspecified atom stereocenters. The lowest BCUT2D eigenvalue weighted by molar-refractivity contribution is 0.0661. The highest BCUT2D eigenvalue weighted by molar-refractivity contribution is 6.31. The number of aryl methyl sites for hydroxylation is 2. The van der Waals surface area contributed by atoms with E-state index in [1.165, 1.54) is 0 Å². The van der Waals surface area contributed by atoms with Crippen molar-refractivity contribution >= 4 is 11.6 Å². The number of hydrogen-bond acceptors (Lipinski definition) is 3. The molecule has 2 N–H and O–H groups in total. The molecule has 98 valence electrons. The van der Waals surface area contributed by atoms with E-state index in [2.05, 4.69) is 18.9 Å². The second-order valence-corrected chi connectivity index (χ2v) is 4.91. The van der Waals surface area contributed by atoms with Crippen LogP contribution in [0.15, 0.2) is 0 Å². The maximum Gasteiger partial charge on any atom is 0.0900 e. The van der Waals surface area contributed by atoms with Gasteiger partial charge in [-0.3, -0.25) is 4.68 Å². The van der Waals surface area contributed by atoms with Crippen LogP contribution in [0, 0.1) is 6.92 Å². The first-order valence-electron chi connectivity index (χ1n) is 5.98. The highest BCUT2D eigenvalue weighted by atomic mass is 35.5. The predicted molar refractivity (Wildman–Crippen MR) is 70.1 cm³/mol. The van der Waals surface area contributed by atoms with Gasteiger partial charge in [-0.05, 0) is 19.8 Å². The molecule has 0 aliphatic heterocycles. The van der Waals surface area contributed by atoms with Crippen molar-refractivity contribution in [2.45, 2.75) is 45.8 Å². The van der Waals surface area contributed by atoms with Crippen molar-refractivity contribution in [2.75, 3.05) is 6.61 Å². The number of ether oxygens (including phenoxy) is 1. The minimum absolute atomic E-state index is 0.236. The molecule has 4 nitrogen and oxygen atoms in total. The third kappa shape index (κ3) is 3.44. The number of rotatable bonds is 6. The van der Waals surface area contributed by atoms with E-state index in [-0.39, 0.29) is 5.54 Å². The van der Waals surface area contributed by atoms with Gasteiger partial charge < -0.3 is 10.5 Å². The van der Waals surface area contributed by atoms with Crippen LogP contribution in [-0.2, 0) is 18.4 Å². The molecule has 0 amide bonds. The molecule has 0 aliphatic carbocycles. The number of nitrogens with two attached hydrogens (primary N) is 1. The van der Waals surface area contributed by atoms with E-state index in [1.54, 1.807) is 4.68 Å². The zero-order chi connectivity index (χ0) is 13.1. The number of hydrogen-bond donors (Lipinski definition) is 1. The molecular formula is C12H22ClN3O. The second-order valence-electron chi connectivity index (χ2n) is 4.53. The monoisotopic (exact) mass is 259 g/mol. The molecule has 1 rings (SSSR count). The van der Waals surface area contributed by atoms with E-state index in [9.17, 15) is 0 Å². The average molecular weight is 260 g/mol. The van der Waals surface area contributed by atoms with Crippen molar-refractivity contribution in [3.8, 4) is 0 Å². The summed E-state index contributed by atoms with van der Waals surface area (Å²) >= 11 is 6.14. The van der Waals surface area contributed by atoms with Crippen LogP contribution in [0.5, 0.6) is 0 Å². The number of nitrogens with zero attached hydrogens (tertiary/aromatic N) is 2. The van der Waals surface area contributed by atoms with Gasteiger partial charge in [-0.25, -0.2) is 0 Å². The molecule has 1 aromatic rings. The van der Waals surface area contributed by atoms with Gasteiger partial charge in [-0.1, -0.05) is 25.4 Å². The molecule has 1 heterocycles. The molecule has 17 heavy (non-hydrogen) atoms. The molecule has 0 atom stereocenters. The largest absolute Gasteiger partial charge is 0.373 e. The average Bonchev–Trinajstić information content (AvgIpc) is 2.55. The van der Waals surface area contributed by atoms with Crippen molar-refractivity contribution in [1.82, 2.24) is 9.78 Å². The first-order valence-corrected chi connectivity index (χ1v) is 6.36. The van der Waals surface area contributed by atoms with Crippen LogP contribution >= 0.6 is 11.6 Å². The van der Waals surface area contributed by atoms with E-state index in [1.807, 2.05) is 14.0 Å². The van der Waals surface area contributed by atoms with Gasteiger partial charge in [-0.15, -0.1) is 0 Å². The van der Waals surface area contributed by atoms with E-state index >= 15 is 0 Å². The Balaban J connectivity index is 2.57. The number of aromatic nitrogens is 2. The van der Waals surface area contributed by atoms with E-state index in [0.29, 0.717) is 18.2 Å². The molecule has 0 fully saturated rings. The van der Waals surface area contributed by atoms with Crippen LogP contribution < -0.4 is 5.73 Å². The summed E-state index contributed by atoms with van der Waals surface area (Å²) in [5.41, 5.74) is 7.66. The minimum atomic E-state index is -0.236. The topological polar surface area (TPSA) is 53.1 Å². The third-order valence-corrected chi connectivity index (χ3v) is 3.79. The summed E-state index contributed by atoms with van der Waals surface area (Å²) in [6.07, 6.45) is 1.81. The summed E-state index contributed by atoms with van der Waals surface area (Å²) in [6, 6.07) is 0. The summed E-state index contributed by atoms with van der Waals surface area (Å²) in [7, 11) is 1.87. The van der Waals surface area contributed by atoms with Gasteiger partial charge in [0.05, 0.1) is 29.6 Å². The zero-order valence-electron chi connectivity index (χ0n) is 11.1. The van der Waals surface area contributed by atoms with Gasteiger partial charge in [0.2, 0.25) is 0 Å². The fraction of sp³-hybridized carbons (Fsp3) is 0.750. The molecule has 0 saturated carbocycles. The lowest BCUT2D eigenvalue weighted by Gasteiger charge is -2.26. The molecular weight excluding hydrogens is 238 g/mol. The van der Waals surface area contributed by atoms with Crippen LogP contribution in [0.2, 0.25) is 5.02 Å². The molecule has 0 radical (unpaired) electrons. The summed E-state index contributed by atoms with van der Waals surface area (Å²) in [5, 5.41) is 4.92. The summed E-state index contributed by atoms with van der Waals surface area (Å²) in [5.74, 6) is 0. The molecule has 0 bridgehead atoms. The molecule has 0 saturated heterocycles. The smallest absolute Gasteiger partial charge is 0.0900 e. The molecule has 0 spiro atoms. The standard InChI is InChI=1S/C12H22ClN3O/c1-5-12(14,6-2)8-17-7-10-11(13)9(3)15-16(10)4/h5-8,14H2,1-4H3. The van der Waals surface area contributed by atoms with Crippen LogP contribution in [-0.4, -0.2) is 21.9 Å². The Morgan fingerprint density at radius 3 is 2.41 bits per heavy atom. The molecule has 5 heteroatoms. The Morgan fingerprint density at radius 2 is 2.00 bits per heavy atom. The lowest BCUT2D eigenvalue weighted by atomic mass is 9.96. The quantitative estimate of drug-likeness (QED) is 0.854. The van der Waals surface area contributed by atoms with Crippen LogP contribution in [0.25, 0.3) is 0 Å². The summed E-state index contributed by atoms with van der Waals surface area (Å²) in [6.45, 7) is 7.04. The first kappa shape index (κ1) is 14.5. The van der Waals surface area contributed by atoms with Crippen LogP contribution in [0.4, 0.5) is 0 Å². The highest BCUT2D eigenvalue weighted by Crippen LogP contribution is 2.21. The maximum atomic E-state index is 6.16. The summed E-state index contributed by atoms with van der Waals surface area (Å²) in [4.78, 5) is 0. The SMILES string of the molecule is CCC(N)(CC)COCc1c(Cl)c(C)nn1C. The van der Waals surface area contributed by atoms with Crippen molar-refractivity contribution < 1.29 is 4.74 Å². The van der Waals surface area contributed by atoms with E-state index in [4.69, 9.17) is 22.1 Å². The van der Waals surface area contributed by atoms with E-state index < -0.39 is 0 Å². The van der Waals surface area contributed by atoms with Crippen molar-refractivity contribution in [1.29, 1.82) is 0 Å². The third-order valence-electron chi connectivity index (χ3n) is 3.30. The molecule has 0 aliphatic rings. The minimum Gasteiger partial charge on any atom is -0.373 e. The van der Waals surface area contributed by atoms with Crippen LogP contribution in [0.1, 0.15) is 38.1 Å². The Morgan fingerprint density at radius 1 is 1.41 bits per heavy atom. The van der Waals surface area contributed by atoms with Crippen LogP contribution in [0.3, 0.4) is 0 Å². The normalized spacial score (nSPS) is 12.1. The van der Waals surface area contributed by atoms with Crippen molar-refractivity contribution in [2.24, 2.45) is 12.8 Å². The predicted octanol–water partition coefficient (Wildman–Crippen LogP) is 2.42. The van der Waals surface area contributed by atoms with Gasteiger partial charge in [0.1, 0.15) is 0 Å². The fourth-order valence-electron chi connectivity index (χ4n) is 1.64.